The third kappa shape index (κ3) is 11.2. The van der Waals surface area contributed by atoms with E-state index < -0.39 is 59.9 Å². The van der Waals surface area contributed by atoms with Crippen LogP contribution in [0.15, 0.2) is 0 Å². The molecule has 0 aliphatic rings. The molecule has 0 radical (unpaired) electrons. The highest BCUT2D eigenvalue weighted by molar-refractivity contribution is 7.98. The molecule has 0 aromatic heterocycles. The lowest BCUT2D eigenvalue weighted by molar-refractivity contribution is -0.145. The summed E-state index contributed by atoms with van der Waals surface area (Å²) in [6.45, 7) is 1.21. The predicted molar refractivity (Wildman–Crippen MR) is 118 cm³/mol. The molecule has 0 fully saturated rings. The minimum atomic E-state index is -1.55. The number of thiol groups is 1. The molecule has 0 saturated carbocycles. The van der Waals surface area contributed by atoms with Gasteiger partial charge in [-0.1, -0.05) is 0 Å². The fourth-order valence-electron chi connectivity index (χ4n) is 2.32. The molecule has 0 aliphatic heterocycles. The molecule has 0 aliphatic carbocycles. The van der Waals surface area contributed by atoms with Crippen molar-refractivity contribution in [3.05, 3.63) is 0 Å². The standard InChI is InChI=1S/C17H31N5O7S2/c1-8(23)13(17(28)29)22-15(26)10(5-6-31-2)20-16(27)11(7-30)21-14(25)9(18)3-4-12(19)24/h8-11,13,23,30H,3-7,18H2,1-2H3,(H2,19,24)(H,20,27)(H,21,25)(H,22,26)(H,28,29). The average Bonchev–Trinajstić information content (AvgIpc) is 2.69. The van der Waals surface area contributed by atoms with Crippen LogP contribution in [0.1, 0.15) is 26.2 Å². The molecule has 0 saturated heterocycles. The van der Waals surface area contributed by atoms with Crippen molar-refractivity contribution in [1.82, 2.24) is 16.0 Å². The monoisotopic (exact) mass is 481 g/mol. The van der Waals surface area contributed by atoms with Crippen molar-refractivity contribution >= 4 is 54.0 Å². The Morgan fingerprint density at radius 2 is 1.55 bits per heavy atom. The molecule has 0 aromatic carbocycles. The minimum Gasteiger partial charge on any atom is -0.480 e. The zero-order chi connectivity index (χ0) is 24.1. The van der Waals surface area contributed by atoms with E-state index >= 15 is 0 Å². The average molecular weight is 482 g/mol. The van der Waals surface area contributed by atoms with E-state index in [1.807, 2.05) is 0 Å². The van der Waals surface area contributed by atoms with Crippen molar-refractivity contribution < 1.29 is 34.2 Å². The Morgan fingerprint density at radius 1 is 1.00 bits per heavy atom. The summed E-state index contributed by atoms with van der Waals surface area (Å²) in [5.74, 6) is -3.90. The normalized spacial score (nSPS) is 15.6. The van der Waals surface area contributed by atoms with Gasteiger partial charge in [0.1, 0.15) is 12.1 Å². The quantitative estimate of drug-likeness (QED) is 0.113. The number of amides is 4. The molecule has 0 heterocycles. The van der Waals surface area contributed by atoms with Gasteiger partial charge in [-0.25, -0.2) is 4.79 Å². The first-order valence-corrected chi connectivity index (χ1v) is 11.4. The Morgan fingerprint density at radius 3 is 2.00 bits per heavy atom. The molecule has 9 N–H and O–H groups in total. The van der Waals surface area contributed by atoms with Crippen molar-refractivity contribution in [2.75, 3.05) is 17.8 Å². The molecule has 0 rings (SSSR count). The highest BCUT2D eigenvalue weighted by atomic mass is 32.2. The van der Waals surface area contributed by atoms with Gasteiger partial charge in [0.05, 0.1) is 12.1 Å². The van der Waals surface area contributed by atoms with Crippen LogP contribution in [0.4, 0.5) is 0 Å². The molecule has 0 aromatic rings. The summed E-state index contributed by atoms with van der Waals surface area (Å²) in [7, 11) is 0. The number of primary amides is 1. The summed E-state index contributed by atoms with van der Waals surface area (Å²) in [5.41, 5.74) is 10.7. The van der Waals surface area contributed by atoms with Gasteiger partial charge in [-0.2, -0.15) is 24.4 Å². The molecular formula is C17H31N5O7S2. The van der Waals surface area contributed by atoms with E-state index in [9.17, 15) is 29.1 Å². The second-order valence-corrected chi connectivity index (χ2v) is 8.11. The van der Waals surface area contributed by atoms with E-state index in [1.165, 1.54) is 18.7 Å². The summed E-state index contributed by atoms with van der Waals surface area (Å²) >= 11 is 5.44. The van der Waals surface area contributed by atoms with Gasteiger partial charge < -0.3 is 37.6 Å². The zero-order valence-electron chi connectivity index (χ0n) is 17.4. The predicted octanol–water partition coefficient (Wildman–Crippen LogP) is -2.82. The number of carboxylic acids is 1. The zero-order valence-corrected chi connectivity index (χ0v) is 19.1. The SMILES string of the molecule is CSCCC(NC(=O)C(CS)NC(=O)C(N)CCC(N)=O)C(=O)NC(C(=O)O)C(C)O. The first-order chi connectivity index (χ1) is 14.4. The van der Waals surface area contributed by atoms with Crippen LogP contribution >= 0.6 is 24.4 Å². The summed E-state index contributed by atoms with van der Waals surface area (Å²) in [6.07, 6.45) is 0.506. The number of aliphatic hydroxyl groups is 1. The largest absolute Gasteiger partial charge is 0.480 e. The van der Waals surface area contributed by atoms with Crippen LogP contribution in [0.2, 0.25) is 0 Å². The Hall–Kier alpha value is -2.03. The van der Waals surface area contributed by atoms with Crippen LogP contribution in [-0.4, -0.2) is 87.8 Å². The van der Waals surface area contributed by atoms with Crippen LogP contribution < -0.4 is 27.4 Å². The molecule has 5 unspecified atom stereocenters. The Labute approximate surface area is 190 Å². The van der Waals surface area contributed by atoms with Crippen LogP contribution in [-0.2, 0) is 24.0 Å². The van der Waals surface area contributed by atoms with Crippen LogP contribution in [0.3, 0.4) is 0 Å². The van der Waals surface area contributed by atoms with Crippen LogP contribution in [0.5, 0.6) is 0 Å². The molecule has 31 heavy (non-hydrogen) atoms. The van der Waals surface area contributed by atoms with Crippen LogP contribution in [0, 0.1) is 0 Å². The number of carbonyl (C=O) groups is 5. The van der Waals surface area contributed by atoms with Crippen molar-refractivity contribution in [2.24, 2.45) is 11.5 Å². The van der Waals surface area contributed by atoms with E-state index in [-0.39, 0.29) is 25.0 Å². The van der Waals surface area contributed by atoms with Gasteiger partial charge in [0.2, 0.25) is 23.6 Å². The molecule has 178 valence electrons. The Kier molecular flexibility index (Phi) is 13.9. The second-order valence-electron chi connectivity index (χ2n) is 6.76. The lowest BCUT2D eigenvalue weighted by atomic mass is 10.1. The maximum Gasteiger partial charge on any atom is 0.328 e. The maximum atomic E-state index is 12.6. The van der Waals surface area contributed by atoms with Crippen molar-refractivity contribution in [3.63, 3.8) is 0 Å². The number of thioether (sulfide) groups is 1. The molecular weight excluding hydrogens is 450 g/mol. The van der Waals surface area contributed by atoms with Crippen molar-refractivity contribution in [3.8, 4) is 0 Å². The summed E-state index contributed by atoms with van der Waals surface area (Å²) in [6, 6.07) is -4.86. The first kappa shape index (κ1) is 29.0. The first-order valence-electron chi connectivity index (χ1n) is 9.40. The number of nitrogens with one attached hydrogen (secondary N) is 3. The van der Waals surface area contributed by atoms with Gasteiger partial charge in [0.15, 0.2) is 6.04 Å². The summed E-state index contributed by atoms with van der Waals surface area (Å²) < 4.78 is 0. The van der Waals surface area contributed by atoms with Gasteiger partial charge >= 0.3 is 5.97 Å². The number of nitrogens with two attached hydrogens (primary N) is 2. The highest BCUT2D eigenvalue weighted by Gasteiger charge is 2.31. The second kappa shape index (κ2) is 14.9. The topological polar surface area (TPSA) is 214 Å². The fraction of sp³-hybridized carbons (Fsp3) is 0.706. The number of rotatable bonds is 15. The number of aliphatic hydroxyl groups excluding tert-OH is 1. The lowest BCUT2D eigenvalue weighted by Gasteiger charge is -2.25. The maximum absolute atomic E-state index is 12.6. The van der Waals surface area contributed by atoms with E-state index in [2.05, 4.69) is 28.6 Å². The highest BCUT2D eigenvalue weighted by Crippen LogP contribution is 2.04. The van der Waals surface area contributed by atoms with Crippen molar-refractivity contribution in [1.29, 1.82) is 0 Å². The number of aliphatic carboxylic acids is 1. The number of carboxylic acid groups (broad SMARTS) is 1. The van der Waals surface area contributed by atoms with E-state index in [0.29, 0.717) is 5.75 Å². The van der Waals surface area contributed by atoms with Gasteiger partial charge in [-0.3, -0.25) is 19.2 Å². The molecule has 14 heteroatoms. The van der Waals surface area contributed by atoms with Gasteiger partial charge in [-0.15, -0.1) is 0 Å². The molecule has 4 amide bonds. The molecule has 0 bridgehead atoms. The van der Waals surface area contributed by atoms with Crippen molar-refractivity contribution in [2.45, 2.75) is 56.5 Å². The van der Waals surface area contributed by atoms with E-state index in [0.717, 1.165) is 0 Å². The molecule has 12 nitrogen and oxygen atoms in total. The number of carbonyl (C=O) groups excluding carboxylic acids is 4. The third-order valence-electron chi connectivity index (χ3n) is 4.14. The lowest BCUT2D eigenvalue weighted by Crippen LogP contribution is -2.58. The summed E-state index contributed by atoms with van der Waals surface area (Å²) in [5, 5.41) is 25.7. The van der Waals surface area contributed by atoms with E-state index in [1.54, 1.807) is 6.26 Å². The van der Waals surface area contributed by atoms with Gasteiger partial charge in [0.25, 0.3) is 0 Å². The number of hydrogen-bond donors (Lipinski definition) is 8. The van der Waals surface area contributed by atoms with Crippen LogP contribution in [0.25, 0.3) is 0 Å². The molecule has 0 spiro atoms. The minimum absolute atomic E-state index is 0.00322. The number of hydrogen-bond acceptors (Lipinski definition) is 9. The fourth-order valence-corrected chi connectivity index (χ4v) is 3.05. The Bertz CT molecular complexity index is 650. The summed E-state index contributed by atoms with van der Waals surface area (Å²) in [4.78, 5) is 59.3. The van der Waals surface area contributed by atoms with Gasteiger partial charge in [-0.05, 0) is 31.8 Å². The smallest absolute Gasteiger partial charge is 0.328 e. The van der Waals surface area contributed by atoms with Gasteiger partial charge in [0, 0.05) is 12.2 Å². The third-order valence-corrected chi connectivity index (χ3v) is 5.15. The molecule has 5 atom stereocenters. The Balaban J connectivity index is 5.16. The van der Waals surface area contributed by atoms with E-state index in [4.69, 9.17) is 16.6 Å².